The van der Waals surface area contributed by atoms with Gasteiger partial charge in [0, 0.05) is 10.7 Å². The molecular weight excluding hydrogens is 220 g/mol. The molecule has 1 aromatic rings. The fourth-order valence-corrected chi connectivity index (χ4v) is 2.38. The molecule has 1 aliphatic heterocycles. The Morgan fingerprint density at radius 3 is 2.56 bits per heavy atom. The number of rotatable bonds is 2. The second kappa shape index (κ2) is 4.64. The van der Waals surface area contributed by atoms with Crippen LogP contribution in [0.1, 0.15) is 6.92 Å². The van der Waals surface area contributed by atoms with Crippen LogP contribution in [-0.2, 0) is 0 Å². The Kier molecular flexibility index (Phi) is 3.41. The highest BCUT2D eigenvalue weighted by Gasteiger charge is 2.26. The fraction of sp³-hybridized carbons (Fsp3) is 0.538. The van der Waals surface area contributed by atoms with Crippen molar-refractivity contribution in [2.24, 2.45) is 0 Å². The summed E-state index contributed by atoms with van der Waals surface area (Å²) < 4.78 is 1.19. The number of piperazine rings is 1. The molecule has 0 N–H and O–H groups in total. The lowest BCUT2D eigenvalue weighted by atomic mass is 10.2. The lowest BCUT2D eigenvalue weighted by Gasteiger charge is -2.42. The Balaban J connectivity index is 2.04. The van der Waals surface area contributed by atoms with E-state index < -0.39 is 0 Å². The first-order chi connectivity index (χ1) is 7.63. The van der Waals surface area contributed by atoms with Gasteiger partial charge in [0.2, 0.25) is 0 Å². The first kappa shape index (κ1) is 11.7. The predicted molar refractivity (Wildman–Crippen MR) is 70.1 cm³/mol. The van der Waals surface area contributed by atoms with E-state index in [-0.39, 0.29) is 0 Å². The van der Waals surface area contributed by atoms with Crippen LogP contribution in [0.2, 0.25) is 5.02 Å². The number of benzene rings is 1. The summed E-state index contributed by atoms with van der Waals surface area (Å²) in [6.45, 7) is 8.21. The van der Waals surface area contributed by atoms with Crippen molar-refractivity contribution in [1.29, 1.82) is 0 Å². The number of likely N-dealkylation sites (N-methyl/N-ethyl adjacent to an activating group) is 1. The van der Waals surface area contributed by atoms with Crippen LogP contribution in [0.15, 0.2) is 24.3 Å². The minimum atomic E-state index is 0.829. The van der Waals surface area contributed by atoms with E-state index in [0.717, 1.165) is 18.1 Å². The van der Waals surface area contributed by atoms with Crippen LogP contribution in [0.4, 0.5) is 5.69 Å². The van der Waals surface area contributed by atoms with Crippen molar-refractivity contribution in [2.75, 3.05) is 44.7 Å². The van der Waals surface area contributed by atoms with Gasteiger partial charge in [0.1, 0.15) is 0 Å². The van der Waals surface area contributed by atoms with Gasteiger partial charge >= 0.3 is 0 Å². The van der Waals surface area contributed by atoms with Gasteiger partial charge in [-0.15, -0.1) is 0 Å². The second-order valence-electron chi connectivity index (χ2n) is 4.85. The number of hydrogen-bond donors (Lipinski definition) is 0. The van der Waals surface area contributed by atoms with Crippen molar-refractivity contribution < 1.29 is 4.48 Å². The average molecular weight is 240 g/mol. The molecule has 0 radical (unpaired) electrons. The molecule has 1 saturated heterocycles. The maximum atomic E-state index is 6.02. The molecule has 2 rings (SSSR count). The van der Waals surface area contributed by atoms with E-state index in [9.17, 15) is 0 Å². The van der Waals surface area contributed by atoms with Crippen LogP contribution >= 0.6 is 11.6 Å². The summed E-state index contributed by atoms with van der Waals surface area (Å²) >= 11 is 6.02. The lowest BCUT2D eigenvalue weighted by molar-refractivity contribution is -0.908. The Labute approximate surface area is 103 Å². The SMILES string of the molecule is CC[N+]1(C)CCN(c2cccc(Cl)c2)CC1. The van der Waals surface area contributed by atoms with Crippen molar-refractivity contribution in [2.45, 2.75) is 6.92 Å². The summed E-state index contributed by atoms with van der Waals surface area (Å²) in [5.41, 5.74) is 1.26. The molecule has 1 heterocycles. The summed E-state index contributed by atoms with van der Waals surface area (Å²) in [5, 5.41) is 0.829. The highest BCUT2D eigenvalue weighted by atomic mass is 35.5. The van der Waals surface area contributed by atoms with E-state index in [0.29, 0.717) is 0 Å². The van der Waals surface area contributed by atoms with E-state index in [4.69, 9.17) is 11.6 Å². The second-order valence-corrected chi connectivity index (χ2v) is 5.29. The molecule has 0 unspecified atom stereocenters. The zero-order valence-electron chi connectivity index (χ0n) is 10.1. The number of quaternary nitrogens is 1. The van der Waals surface area contributed by atoms with Gasteiger partial charge in [-0.1, -0.05) is 17.7 Å². The van der Waals surface area contributed by atoms with Crippen molar-refractivity contribution in [3.05, 3.63) is 29.3 Å². The van der Waals surface area contributed by atoms with Gasteiger partial charge < -0.3 is 9.38 Å². The molecule has 1 aliphatic rings. The van der Waals surface area contributed by atoms with Crippen molar-refractivity contribution in [1.82, 2.24) is 0 Å². The molecular formula is C13H20ClN2+. The molecule has 0 aliphatic carbocycles. The standard InChI is InChI=1S/C13H20ClN2/c1-3-16(2)9-7-15(8-10-16)13-6-4-5-12(14)11-13/h4-6,11H,3,7-10H2,1-2H3/q+1. The Morgan fingerprint density at radius 2 is 2.00 bits per heavy atom. The van der Waals surface area contributed by atoms with Gasteiger partial charge in [0.15, 0.2) is 0 Å². The fourth-order valence-electron chi connectivity index (χ4n) is 2.20. The largest absolute Gasteiger partial charge is 0.360 e. The molecule has 0 amide bonds. The summed E-state index contributed by atoms with van der Waals surface area (Å²) in [4.78, 5) is 2.43. The molecule has 2 nitrogen and oxygen atoms in total. The van der Waals surface area contributed by atoms with E-state index in [1.807, 2.05) is 12.1 Å². The maximum Gasteiger partial charge on any atom is 0.0963 e. The van der Waals surface area contributed by atoms with Crippen LogP contribution in [0.25, 0.3) is 0 Å². The molecule has 0 aromatic heterocycles. The summed E-state index contributed by atoms with van der Waals surface area (Å²) in [6, 6.07) is 8.16. The molecule has 3 heteroatoms. The summed E-state index contributed by atoms with van der Waals surface area (Å²) in [7, 11) is 2.34. The zero-order chi connectivity index (χ0) is 11.6. The normalized spacial score (nSPS) is 19.8. The van der Waals surface area contributed by atoms with Crippen LogP contribution in [-0.4, -0.2) is 44.3 Å². The molecule has 1 aromatic carbocycles. The third-order valence-electron chi connectivity index (χ3n) is 3.76. The first-order valence-corrected chi connectivity index (χ1v) is 6.35. The highest BCUT2D eigenvalue weighted by Crippen LogP contribution is 2.22. The highest BCUT2D eigenvalue weighted by molar-refractivity contribution is 6.30. The number of hydrogen-bond acceptors (Lipinski definition) is 1. The van der Waals surface area contributed by atoms with E-state index in [1.165, 1.54) is 29.8 Å². The van der Waals surface area contributed by atoms with E-state index >= 15 is 0 Å². The molecule has 0 saturated carbocycles. The average Bonchev–Trinajstić information content (AvgIpc) is 2.30. The van der Waals surface area contributed by atoms with Gasteiger partial charge in [0.05, 0.1) is 39.8 Å². The van der Waals surface area contributed by atoms with E-state index in [1.54, 1.807) is 0 Å². The molecule has 16 heavy (non-hydrogen) atoms. The third-order valence-corrected chi connectivity index (χ3v) is 3.99. The summed E-state index contributed by atoms with van der Waals surface area (Å²) in [5.74, 6) is 0. The number of nitrogens with zero attached hydrogens (tertiary/aromatic N) is 2. The Hall–Kier alpha value is -0.730. The molecule has 0 spiro atoms. The maximum absolute atomic E-state index is 6.02. The molecule has 88 valence electrons. The lowest BCUT2D eigenvalue weighted by Crippen LogP contribution is -2.57. The quantitative estimate of drug-likeness (QED) is 0.718. The first-order valence-electron chi connectivity index (χ1n) is 5.97. The Bertz CT molecular complexity index is 357. The van der Waals surface area contributed by atoms with Crippen molar-refractivity contribution in [3.63, 3.8) is 0 Å². The molecule has 0 bridgehead atoms. The minimum absolute atomic E-state index is 0.829. The van der Waals surface area contributed by atoms with Crippen LogP contribution in [0.5, 0.6) is 0 Å². The van der Waals surface area contributed by atoms with Crippen LogP contribution in [0.3, 0.4) is 0 Å². The number of anilines is 1. The van der Waals surface area contributed by atoms with Crippen molar-refractivity contribution >= 4 is 17.3 Å². The van der Waals surface area contributed by atoms with Gasteiger partial charge in [-0.05, 0) is 25.1 Å². The van der Waals surface area contributed by atoms with Gasteiger partial charge in [-0.2, -0.15) is 0 Å². The molecule has 1 fully saturated rings. The zero-order valence-corrected chi connectivity index (χ0v) is 10.9. The van der Waals surface area contributed by atoms with Crippen LogP contribution < -0.4 is 4.90 Å². The number of halogens is 1. The minimum Gasteiger partial charge on any atom is -0.360 e. The van der Waals surface area contributed by atoms with Gasteiger partial charge in [-0.3, -0.25) is 0 Å². The topological polar surface area (TPSA) is 3.24 Å². The smallest absolute Gasteiger partial charge is 0.0963 e. The van der Waals surface area contributed by atoms with Gasteiger partial charge in [-0.25, -0.2) is 0 Å². The Morgan fingerprint density at radius 1 is 1.31 bits per heavy atom. The molecule has 0 atom stereocenters. The van der Waals surface area contributed by atoms with Gasteiger partial charge in [0.25, 0.3) is 0 Å². The van der Waals surface area contributed by atoms with Crippen molar-refractivity contribution in [3.8, 4) is 0 Å². The third kappa shape index (κ3) is 2.50. The summed E-state index contributed by atoms with van der Waals surface area (Å²) in [6.07, 6.45) is 0. The van der Waals surface area contributed by atoms with Crippen LogP contribution in [0, 0.1) is 0 Å². The predicted octanol–water partition coefficient (Wildman–Crippen LogP) is 2.63. The van der Waals surface area contributed by atoms with E-state index in [2.05, 4.69) is 31.0 Å². The monoisotopic (exact) mass is 239 g/mol.